The van der Waals surface area contributed by atoms with E-state index >= 15 is 0 Å². The number of hydrogen-bond donors (Lipinski definition) is 2. The molecular formula is C11H16BrN3O3. The normalized spacial score (nSPS) is 10.3. The molecule has 0 saturated carbocycles. The highest BCUT2D eigenvalue weighted by atomic mass is 79.9. The third-order valence-electron chi connectivity index (χ3n) is 2.41. The van der Waals surface area contributed by atoms with E-state index in [4.69, 9.17) is 5.11 Å². The standard InChI is InChI=1S/C11H16BrN3O3/c12-9-7-10(15(17)18)11(14-8-9)13-5-3-1-2-4-6-16/h7-8,16H,1-6H2,(H,13,14). The molecule has 0 spiro atoms. The summed E-state index contributed by atoms with van der Waals surface area (Å²) in [6.45, 7) is 0.855. The molecule has 0 aliphatic heterocycles. The zero-order valence-electron chi connectivity index (χ0n) is 9.93. The van der Waals surface area contributed by atoms with E-state index in [1.807, 2.05) is 0 Å². The van der Waals surface area contributed by atoms with E-state index in [0.29, 0.717) is 16.8 Å². The second-order valence-electron chi connectivity index (χ2n) is 3.84. The summed E-state index contributed by atoms with van der Waals surface area (Å²) < 4.78 is 0.586. The number of aliphatic hydroxyl groups is 1. The lowest BCUT2D eigenvalue weighted by Gasteiger charge is -2.06. The molecule has 0 fully saturated rings. The number of halogens is 1. The Morgan fingerprint density at radius 1 is 1.39 bits per heavy atom. The largest absolute Gasteiger partial charge is 0.396 e. The molecule has 0 atom stereocenters. The Bertz CT molecular complexity index is 401. The van der Waals surface area contributed by atoms with Crippen molar-refractivity contribution in [2.75, 3.05) is 18.5 Å². The van der Waals surface area contributed by atoms with Crippen molar-refractivity contribution < 1.29 is 10.0 Å². The first kappa shape index (κ1) is 14.8. The van der Waals surface area contributed by atoms with Gasteiger partial charge in [0.05, 0.1) is 4.92 Å². The van der Waals surface area contributed by atoms with Gasteiger partial charge in [-0.3, -0.25) is 10.1 Å². The second kappa shape index (κ2) is 7.99. The van der Waals surface area contributed by atoms with Crippen LogP contribution >= 0.6 is 15.9 Å². The number of nitrogens with one attached hydrogen (secondary N) is 1. The van der Waals surface area contributed by atoms with Crippen LogP contribution in [0.2, 0.25) is 0 Å². The first-order chi connectivity index (χ1) is 8.65. The Morgan fingerprint density at radius 3 is 2.78 bits per heavy atom. The van der Waals surface area contributed by atoms with Gasteiger partial charge in [-0.2, -0.15) is 0 Å². The predicted octanol–water partition coefficient (Wildman–Crippen LogP) is 2.72. The summed E-state index contributed by atoms with van der Waals surface area (Å²) in [4.78, 5) is 14.4. The van der Waals surface area contributed by atoms with Gasteiger partial charge in [0.25, 0.3) is 0 Å². The van der Waals surface area contributed by atoms with Crippen molar-refractivity contribution in [1.82, 2.24) is 4.98 Å². The number of hydrogen-bond acceptors (Lipinski definition) is 5. The monoisotopic (exact) mass is 317 g/mol. The van der Waals surface area contributed by atoms with Crippen molar-refractivity contribution in [3.05, 3.63) is 26.9 Å². The van der Waals surface area contributed by atoms with Crippen LogP contribution in [0, 0.1) is 10.1 Å². The molecule has 100 valence electrons. The molecule has 1 rings (SSSR count). The van der Waals surface area contributed by atoms with Crippen LogP contribution < -0.4 is 5.32 Å². The van der Waals surface area contributed by atoms with Gasteiger partial charge in [0.1, 0.15) is 0 Å². The minimum Gasteiger partial charge on any atom is -0.396 e. The summed E-state index contributed by atoms with van der Waals surface area (Å²) in [5.74, 6) is 0.297. The number of aromatic nitrogens is 1. The maximum absolute atomic E-state index is 10.8. The summed E-state index contributed by atoms with van der Waals surface area (Å²) in [6, 6.07) is 1.43. The summed E-state index contributed by atoms with van der Waals surface area (Å²) >= 11 is 3.16. The fourth-order valence-electron chi connectivity index (χ4n) is 1.50. The van der Waals surface area contributed by atoms with E-state index in [-0.39, 0.29) is 12.3 Å². The fourth-order valence-corrected chi connectivity index (χ4v) is 1.82. The van der Waals surface area contributed by atoms with Gasteiger partial charge in [-0.05, 0) is 28.8 Å². The van der Waals surface area contributed by atoms with Gasteiger partial charge in [-0.1, -0.05) is 12.8 Å². The van der Waals surface area contributed by atoms with Gasteiger partial charge in [-0.15, -0.1) is 0 Å². The van der Waals surface area contributed by atoms with Gasteiger partial charge < -0.3 is 10.4 Å². The quantitative estimate of drug-likeness (QED) is 0.437. The molecule has 0 aliphatic rings. The van der Waals surface area contributed by atoms with E-state index in [9.17, 15) is 10.1 Å². The highest BCUT2D eigenvalue weighted by Crippen LogP contribution is 2.25. The molecule has 2 N–H and O–H groups in total. The fraction of sp³-hybridized carbons (Fsp3) is 0.545. The van der Waals surface area contributed by atoms with Crippen molar-refractivity contribution in [3.63, 3.8) is 0 Å². The highest BCUT2D eigenvalue weighted by Gasteiger charge is 2.14. The average molecular weight is 318 g/mol. The van der Waals surface area contributed by atoms with Crippen LogP contribution in [-0.2, 0) is 0 Å². The van der Waals surface area contributed by atoms with Gasteiger partial charge in [0.15, 0.2) is 0 Å². The number of nitro groups is 1. The summed E-state index contributed by atoms with van der Waals surface area (Å²) in [5, 5.41) is 22.4. The summed E-state index contributed by atoms with van der Waals surface area (Å²) in [7, 11) is 0. The van der Waals surface area contributed by atoms with Crippen molar-refractivity contribution >= 4 is 27.4 Å². The van der Waals surface area contributed by atoms with E-state index in [1.165, 1.54) is 12.3 Å². The minimum absolute atomic E-state index is 0.0280. The topological polar surface area (TPSA) is 88.3 Å². The molecule has 6 nitrogen and oxygen atoms in total. The SMILES string of the molecule is O=[N+]([O-])c1cc(Br)cnc1NCCCCCCO. The van der Waals surface area contributed by atoms with Crippen LogP contribution in [-0.4, -0.2) is 28.2 Å². The maximum atomic E-state index is 10.8. The smallest absolute Gasteiger partial charge is 0.312 e. The number of aliphatic hydroxyl groups excluding tert-OH is 1. The zero-order chi connectivity index (χ0) is 13.4. The third-order valence-corrected chi connectivity index (χ3v) is 2.84. The molecule has 18 heavy (non-hydrogen) atoms. The van der Waals surface area contributed by atoms with Crippen LogP contribution in [0.5, 0.6) is 0 Å². The molecule has 1 heterocycles. The van der Waals surface area contributed by atoms with Crippen LogP contribution in [0.15, 0.2) is 16.7 Å². The Labute approximate surface area is 114 Å². The van der Waals surface area contributed by atoms with Gasteiger partial charge in [0, 0.05) is 29.9 Å². The second-order valence-corrected chi connectivity index (χ2v) is 4.76. The van der Waals surface area contributed by atoms with E-state index in [1.54, 1.807) is 0 Å². The highest BCUT2D eigenvalue weighted by molar-refractivity contribution is 9.10. The van der Waals surface area contributed by atoms with Crippen molar-refractivity contribution in [1.29, 1.82) is 0 Å². The Balaban J connectivity index is 2.44. The van der Waals surface area contributed by atoms with E-state index < -0.39 is 4.92 Å². The first-order valence-corrected chi connectivity index (χ1v) is 6.59. The van der Waals surface area contributed by atoms with E-state index in [2.05, 4.69) is 26.2 Å². The number of anilines is 1. The number of nitrogens with zero attached hydrogens (tertiary/aromatic N) is 2. The number of unbranched alkanes of at least 4 members (excludes halogenated alkanes) is 3. The summed E-state index contributed by atoms with van der Waals surface area (Å²) in [5.41, 5.74) is -0.0280. The van der Waals surface area contributed by atoms with Crippen molar-refractivity contribution in [2.45, 2.75) is 25.7 Å². The molecule has 7 heteroatoms. The first-order valence-electron chi connectivity index (χ1n) is 5.80. The Morgan fingerprint density at radius 2 is 2.11 bits per heavy atom. The lowest BCUT2D eigenvalue weighted by atomic mass is 10.2. The molecule has 0 radical (unpaired) electrons. The van der Waals surface area contributed by atoms with Crippen LogP contribution in [0.25, 0.3) is 0 Å². The van der Waals surface area contributed by atoms with Crippen LogP contribution in [0.1, 0.15) is 25.7 Å². The lowest BCUT2D eigenvalue weighted by molar-refractivity contribution is -0.384. The molecule has 0 unspecified atom stereocenters. The molecule has 0 saturated heterocycles. The molecular weight excluding hydrogens is 302 g/mol. The lowest BCUT2D eigenvalue weighted by Crippen LogP contribution is -2.06. The molecule has 0 aliphatic carbocycles. The molecule has 0 amide bonds. The van der Waals surface area contributed by atoms with Crippen molar-refractivity contribution in [2.24, 2.45) is 0 Å². The van der Waals surface area contributed by atoms with Crippen LogP contribution in [0.4, 0.5) is 11.5 Å². The molecule has 1 aromatic rings. The predicted molar refractivity (Wildman–Crippen MR) is 72.6 cm³/mol. The number of pyridine rings is 1. The van der Waals surface area contributed by atoms with Gasteiger partial charge in [-0.25, -0.2) is 4.98 Å². The number of rotatable bonds is 8. The van der Waals surface area contributed by atoms with Crippen molar-refractivity contribution in [3.8, 4) is 0 Å². The summed E-state index contributed by atoms with van der Waals surface area (Å²) in [6.07, 6.45) is 5.18. The van der Waals surface area contributed by atoms with E-state index in [0.717, 1.165) is 25.7 Å². The molecule has 1 aromatic heterocycles. The maximum Gasteiger partial charge on any atom is 0.312 e. The minimum atomic E-state index is -0.453. The van der Waals surface area contributed by atoms with Gasteiger partial charge in [0.2, 0.25) is 5.82 Å². The molecule has 0 aromatic carbocycles. The Hall–Kier alpha value is -1.21. The Kier molecular flexibility index (Phi) is 6.59. The third kappa shape index (κ3) is 4.97. The van der Waals surface area contributed by atoms with Crippen LogP contribution in [0.3, 0.4) is 0 Å². The van der Waals surface area contributed by atoms with Gasteiger partial charge >= 0.3 is 5.69 Å². The zero-order valence-corrected chi connectivity index (χ0v) is 11.5. The molecule has 0 bridgehead atoms. The average Bonchev–Trinajstić information content (AvgIpc) is 2.35.